The first kappa shape index (κ1) is 29.6. The standard InChI is InChI=1S/C50H32N2O/c1-2-10-33(11-3-1)34-20-23-37(24-21-34)51(40-29-31-48-44(32-40)42-16-6-7-19-47(42)53-48)38-25-27-39(28-26-38)52-45-18-9-14-36-13-8-17-43(49(36)45)50-41-15-5-4-12-35(41)22-30-46(50)52/h1-32H. The number of anilines is 6. The van der Waals surface area contributed by atoms with Crippen LogP contribution in [0.5, 0.6) is 0 Å². The van der Waals surface area contributed by atoms with E-state index in [1.807, 2.05) is 12.1 Å². The Kier molecular flexibility index (Phi) is 6.55. The third-order valence-electron chi connectivity index (χ3n) is 10.8. The minimum Gasteiger partial charge on any atom is -0.456 e. The van der Waals surface area contributed by atoms with Gasteiger partial charge < -0.3 is 14.2 Å². The normalized spacial score (nSPS) is 12.1. The molecule has 53 heavy (non-hydrogen) atoms. The number of nitrogens with zero attached hydrogens (tertiary/aromatic N) is 2. The van der Waals surface area contributed by atoms with Gasteiger partial charge in [0.2, 0.25) is 0 Å². The summed E-state index contributed by atoms with van der Waals surface area (Å²) in [6.45, 7) is 0. The molecule has 0 radical (unpaired) electrons. The highest BCUT2D eigenvalue weighted by molar-refractivity contribution is 6.19. The van der Waals surface area contributed by atoms with Crippen molar-refractivity contribution in [3.63, 3.8) is 0 Å². The molecule has 0 atom stereocenters. The molecule has 11 rings (SSSR count). The molecule has 0 spiro atoms. The largest absolute Gasteiger partial charge is 0.456 e. The second-order valence-electron chi connectivity index (χ2n) is 13.7. The van der Waals surface area contributed by atoms with Gasteiger partial charge in [0.05, 0.1) is 11.4 Å². The van der Waals surface area contributed by atoms with E-state index in [2.05, 4.69) is 192 Å². The van der Waals surface area contributed by atoms with E-state index >= 15 is 0 Å². The molecule has 10 aromatic rings. The van der Waals surface area contributed by atoms with Gasteiger partial charge in [-0.05, 0) is 106 Å². The Morgan fingerprint density at radius 3 is 1.87 bits per heavy atom. The number of benzene rings is 9. The molecule has 0 fully saturated rings. The summed E-state index contributed by atoms with van der Waals surface area (Å²) < 4.78 is 6.23. The molecular formula is C50H32N2O. The topological polar surface area (TPSA) is 19.6 Å². The number of hydrogen-bond donors (Lipinski definition) is 0. The molecule has 3 heteroatoms. The molecule has 0 bridgehead atoms. The SMILES string of the molecule is c1ccc(-c2ccc(N(c3ccc(N4c5ccc6ccccc6c5-c5cccc6cccc4c56)cc3)c3ccc4oc5ccccc5c4c3)cc2)cc1. The lowest BCUT2D eigenvalue weighted by Gasteiger charge is -2.34. The number of hydrogen-bond acceptors (Lipinski definition) is 3. The van der Waals surface area contributed by atoms with Crippen molar-refractivity contribution >= 4 is 77.6 Å². The van der Waals surface area contributed by atoms with Crippen molar-refractivity contribution in [3.8, 4) is 22.3 Å². The van der Waals surface area contributed by atoms with E-state index in [1.54, 1.807) is 0 Å². The summed E-state index contributed by atoms with van der Waals surface area (Å²) >= 11 is 0. The van der Waals surface area contributed by atoms with Crippen LogP contribution in [0.2, 0.25) is 0 Å². The number of furan rings is 1. The highest BCUT2D eigenvalue weighted by Gasteiger charge is 2.27. The molecule has 0 aliphatic carbocycles. The number of fused-ring (bicyclic) bond motifs is 7. The molecule has 2 heterocycles. The Labute approximate surface area is 307 Å². The Morgan fingerprint density at radius 1 is 0.396 bits per heavy atom. The summed E-state index contributed by atoms with van der Waals surface area (Å²) in [4.78, 5) is 4.77. The average molecular weight is 677 g/mol. The smallest absolute Gasteiger partial charge is 0.135 e. The van der Waals surface area contributed by atoms with Gasteiger partial charge in [-0.15, -0.1) is 0 Å². The second-order valence-corrected chi connectivity index (χ2v) is 13.7. The van der Waals surface area contributed by atoms with E-state index in [9.17, 15) is 0 Å². The number of para-hydroxylation sites is 1. The molecule has 0 N–H and O–H groups in total. The van der Waals surface area contributed by atoms with E-state index in [-0.39, 0.29) is 0 Å². The summed E-state index contributed by atoms with van der Waals surface area (Å²) in [5, 5.41) is 7.25. The third kappa shape index (κ3) is 4.68. The van der Waals surface area contributed by atoms with Gasteiger partial charge in [-0.2, -0.15) is 0 Å². The fourth-order valence-electron chi connectivity index (χ4n) is 8.34. The Bertz CT molecular complexity index is 2990. The van der Waals surface area contributed by atoms with Gasteiger partial charge >= 0.3 is 0 Å². The zero-order valence-corrected chi connectivity index (χ0v) is 28.8. The van der Waals surface area contributed by atoms with E-state index in [0.717, 1.165) is 44.7 Å². The first-order chi connectivity index (χ1) is 26.3. The van der Waals surface area contributed by atoms with Gasteiger partial charge in [-0.1, -0.05) is 121 Å². The van der Waals surface area contributed by atoms with E-state index in [1.165, 1.54) is 55.2 Å². The van der Waals surface area contributed by atoms with E-state index in [4.69, 9.17) is 4.42 Å². The predicted molar refractivity (Wildman–Crippen MR) is 223 cm³/mol. The minimum atomic E-state index is 0.885. The molecule has 3 nitrogen and oxygen atoms in total. The Morgan fingerprint density at radius 2 is 1.04 bits per heavy atom. The monoisotopic (exact) mass is 676 g/mol. The van der Waals surface area contributed by atoms with Crippen LogP contribution in [0, 0.1) is 0 Å². The van der Waals surface area contributed by atoms with Crippen molar-refractivity contribution < 1.29 is 4.42 Å². The Balaban J connectivity index is 1.07. The van der Waals surface area contributed by atoms with Crippen molar-refractivity contribution in [1.82, 2.24) is 0 Å². The predicted octanol–water partition coefficient (Wildman–Crippen LogP) is 14.5. The van der Waals surface area contributed by atoms with Crippen molar-refractivity contribution in [2.45, 2.75) is 0 Å². The summed E-state index contributed by atoms with van der Waals surface area (Å²) in [5.74, 6) is 0. The van der Waals surface area contributed by atoms with Crippen molar-refractivity contribution in [1.29, 1.82) is 0 Å². The van der Waals surface area contributed by atoms with Crippen LogP contribution in [0.3, 0.4) is 0 Å². The third-order valence-corrected chi connectivity index (χ3v) is 10.8. The molecule has 0 saturated carbocycles. The van der Waals surface area contributed by atoms with Crippen LogP contribution in [0.15, 0.2) is 199 Å². The lowest BCUT2D eigenvalue weighted by Crippen LogP contribution is -2.15. The van der Waals surface area contributed by atoms with Crippen molar-refractivity contribution in [2.75, 3.05) is 9.80 Å². The van der Waals surface area contributed by atoms with E-state index < -0.39 is 0 Å². The average Bonchev–Trinajstić information content (AvgIpc) is 3.60. The van der Waals surface area contributed by atoms with Gasteiger partial charge in [-0.25, -0.2) is 0 Å². The van der Waals surface area contributed by atoms with Crippen LogP contribution in [-0.2, 0) is 0 Å². The van der Waals surface area contributed by atoms with Gasteiger partial charge in [0.15, 0.2) is 0 Å². The molecule has 248 valence electrons. The van der Waals surface area contributed by atoms with Gasteiger partial charge in [-0.3, -0.25) is 0 Å². The molecule has 0 unspecified atom stereocenters. The zero-order valence-electron chi connectivity index (χ0n) is 28.8. The maximum absolute atomic E-state index is 6.23. The van der Waals surface area contributed by atoms with Gasteiger partial charge in [0.1, 0.15) is 11.2 Å². The summed E-state index contributed by atoms with van der Waals surface area (Å²) in [6.07, 6.45) is 0. The molecule has 1 aromatic heterocycles. The van der Waals surface area contributed by atoms with Crippen LogP contribution < -0.4 is 9.80 Å². The maximum atomic E-state index is 6.23. The highest BCUT2D eigenvalue weighted by atomic mass is 16.3. The molecule has 0 saturated heterocycles. The molecular weight excluding hydrogens is 645 g/mol. The summed E-state index contributed by atoms with van der Waals surface area (Å²) in [6, 6.07) is 69.8. The fourth-order valence-corrected chi connectivity index (χ4v) is 8.34. The van der Waals surface area contributed by atoms with Crippen LogP contribution in [-0.4, -0.2) is 0 Å². The summed E-state index contributed by atoms with van der Waals surface area (Å²) in [5.41, 5.74) is 13.4. The first-order valence-electron chi connectivity index (χ1n) is 18.1. The Hall–Kier alpha value is -7.10. The lowest BCUT2D eigenvalue weighted by molar-refractivity contribution is 0.669. The summed E-state index contributed by atoms with van der Waals surface area (Å²) in [7, 11) is 0. The molecule has 1 aliphatic heterocycles. The number of rotatable bonds is 5. The molecule has 9 aromatic carbocycles. The van der Waals surface area contributed by atoms with E-state index in [0.29, 0.717) is 0 Å². The molecule has 1 aliphatic rings. The minimum absolute atomic E-state index is 0.885. The van der Waals surface area contributed by atoms with Crippen molar-refractivity contribution in [2.24, 2.45) is 0 Å². The fraction of sp³-hybridized carbons (Fsp3) is 0. The lowest BCUT2D eigenvalue weighted by atomic mass is 9.87. The quantitative estimate of drug-likeness (QED) is 0.181. The molecule has 0 amide bonds. The first-order valence-corrected chi connectivity index (χ1v) is 18.1. The zero-order chi connectivity index (χ0) is 34.9. The second kappa shape index (κ2) is 11.7. The van der Waals surface area contributed by atoms with Crippen LogP contribution >= 0.6 is 0 Å². The van der Waals surface area contributed by atoms with Crippen LogP contribution in [0.4, 0.5) is 34.1 Å². The van der Waals surface area contributed by atoms with Crippen LogP contribution in [0.25, 0.3) is 65.7 Å². The van der Waals surface area contributed by atoms with Crippen LogP contribution in [0.1, 0.15) is 0 Å². The van der Waals surface area contributed by atoms with Gasteiger partial charge in [0.25, 0.3) is 0 Å². The maximum Gasteiger partial charge on any atom is 0.135 e. The van der Waals surface area contributed by atoms with Crippen molar-refractivity contribution in [3.05, 3.63) is 194 Å². The highest BCUT2D eigenvalue weighted by Crippen LogP contribution is 2.53. The van der Waals surface area contributed by atoms with Gasteiger partial charge in [0, 0.05) is 44.5 Å².